The predicted molar refractivity (Wildman–Crippen MR) is 59.2 cm³/mol. The first-order valence-corrected chi connectivity index (χ1v) is 5.48. The molecule has 0 bridgehead atoms. The van der Waals surface area contributed by atoms with E-state index in [4.69, 9.17) is 11.0 Å². The van der Waals surface area contributed by atoms with Gasteiger partial charge >= 0.3 is 0 Å². The molecule has 3 nitrogen and oxygen atoms in total. The van der Waals surface area contributed by atoms with Gasteiger partial charge in [0, 0.05) is 11.6 Å². The molecule has 1 aliphatic rings. The zero-order chi connectivity index (χ0) is 10.7. The van der Waals surface area contributed by atoms with Gasteiger partial charge in [-0.15, -0.1) is 0 Å². The molecule has 1 aromatic rings. The fraction of sp³-hybridized carbons (Fsp3) is 0.500. The Labute approximate surface area is 89.9 Å². The number of nitrogens with zero attached hydrogens (tertiary/aromatic N) is 2. The Hall–Kier alpha value is -1.56. The molecule has 3 heteroatoms. The second-order valence-corrected chi connectivity index (χ2v) is 4.12. The van der Waals surface area contributed by atoms with Crippen molar-refractivity contribution in [2.24, 2.45) is 0 Å². The quantitative estimate of drug-likeness (QED) is 0.759. The molecule has 2 N–H and O–H groups in total. The van der Waals surface area contributed by atoms with Gasteiger partial charge in [-0.2, -0.15) is 5.26 Å². The Bertz CT molecular complexity index is 386. The van der Waals surface area contributed by atoms with E-state index in [1.54, 1.807) is 6.07 Å². The number of aromatic nitrogens is 1. The molecular weight excluding hydrogens is 186 g/mol. The van der Waals surface area contributed by atoms with Crippen molar-refractivity contribution < 1.29 is 0 Å². The Morgan fingerprint density at radius 2 is 2.00 bits per heavy atom. The molecule has 0 unspecified atom stereocenters. The first-order chi connectivity index (χ1) is 7.31. The molecule has 0 saturated heterocycles. The van der Waals surface area contributed by atoms with Gasteiger partial charge in [0.1, 0.15) is 11.9 Å². The van der Waals surface area contributed by atoms with Crippen LogP contribution in [0.3, 0.4) is 0 Å². The highest BCUT2D eigenvalue weighted by molar-refractivity contribution is 5.48. The summed E-state index contributed by atoms with van der Waals surface area (Å²) >= 11 is 0. The number of hydrogen-bond acceptors (Lipinski definition) is 3. The lowest BCUT2D eigenvalue weighted by atomic mass is 9.86. The van der Waals surface area contributed by atoms with Crippen LogP contribution in [0.1, 0.15) is 49.3 Å². The van der Waals surface area contributed by atoms with Gasteiger partial charge in [0.05, 0.1) is 5.56 Å². The van der Waals surface area contributed by atoms with Crippen molar-refractivity contribution in [2.45, 2.75) is 38.0 Å². The molecule has 0 amide bonds. The lowest BCUT2D eigenvalue weighted by Crippen LogP contribution is -2.08. The molecule has 1 fully saturated rings. The number of nitrogens with two attached hydrogens (primary N) is 1. The number of nitriles is 1. The van der Waals surface area contributed by atoms with Crippen molar-refractivity contribution in [1.29, 1.82) is 5.26 Å². The van der Waals surface area contributed by atoms with Crippen LogP contribution in [0.25, 0.3) is 0 Å². The minimum absolute atomic E-state index is 0.376. The third-order valence-corrected chi connectivity index (χ3v) is 3.09. The normalized spacial score (nSPS) is 17.3. The molecule has 0 radical (unpaired) electrons. The van der Waals surface area contributed by atoms with E-state index in [2.05, 4.69) is 4.98 Å². The number of rotatable bonds is 1. The molecule has 1 saturated carbocycles. The summed E-state index contributed by atoms with van der Waals surface area (Å²) in [5.41, 5.74) is 7.25. The standard InChI is InChI=1S/C12H15N3/c13-8-10-6-7-11(15-12(10)14)9-4-2-1-3-5-9/h6-7,9H,1-5H2,(H2,14,15). The maximum Gasteiger partial charge on any atom is 0.141 e. The van der Waals surface area contributed by atoms with Gasteiger partial charge in [-0.25, -0.2) is 4.98 Å². The van der Waals surface area contributed by atoms with Gasteiger partial charge in [0.2, 0.25) is 0 Å². The highest BCUT2D eigenvalue weighted by atomic mass is 14.8. The highest BCUT2D eigenvalue weighted by Crippen LogP contribution is 2.32. The fourth-order valence-electron chi connectivity index (χ4n) is 2.21. The second kappa shape index (κ2) is 4.31. The third-order valence-electron chi connectivity index (χ3n) is 3.09. The maximum absolute atomic E-state index is 8.75. The largest absolute Gasteiger partial charge is 0.383 e. The van der Waals surface area contributed by atoms with Crippen LogP contribution >= 0.6 is 0 Å². The van der Waals surface area contributed by atoms with Crippen LogP contribution in [0.4, 0.5) is 5.82 Å². The summed E-state index contributed by atoms with van der Waals surface area (Å²) in [4.78, 5) is 4.32. The summed E-state index contributed by atoms with van der Waals surface area (Å²) in [6, 6.07) is 5.77. The van der Waals surface area contributed by atoms with Crippen LogP contribution in [-0.2, 0) is 0 Å². The van der Waals surface area contributed by atoms with Crippen LogP contribution in [-0.4, -0.2) is 4.98 Å². The first-order valence-electron chi connectivity index (χ1n) is 5.48. The molecule has 0 aromatic carbocycles. The van der Waals surface area contributed by atoms with Crippen LogP contribution in [0.15, 0.2) is 12.1 Å². The summed E-state index contributed by atoms with van der Waals surface area (Å²) in [6.07, 6.45) is 6.32. The topological polar surface area (TPSA) is 62.7 Å². The first kappa shape index (κ1) is 9.97. The fourth-order valence-corrected chi connectivity index (χ4v) is 2.21. The van der Waals surface area contributed by atoms with Crippen molar-refractivity contribution in [3.63, 3.8) is 0 Å². The average molecular weight is 201 g/mol. The Balaban J connectivity index is 2.22. The summed E-state index contributed by atoms with van der Waals surface area (Å²) in [5.74, 6) is 0.925. The van der Waals surface area contributed by atoms with Gasteiger partial charge in [0.25, 0.3) is 0 Å². The smallest absolute Gasteiger partial charge is 0.141 e. The summed E-state index contributed by atoms with van der Waals surface area (Å²) in [7, 11) is 0. The summed E-state index contributed by atoms with van der Waals surface area (Å²) < 4.78 is 0. The van der Waals surface area contributed by atoms with E-state index in [-0.39, 0.29) is 0 Å². The van der Waals surface area contributed by atoms with Crippen molar-refractivity contribution in [3.05, 3.63) is 23.4 Å². The average Bonchev–Trinajstić information content (AvgIpc) is 2.30. The molecule has 2 rings (SSSR count). The van der Waals surface area contributed by atoms with E-state index in [0.717, 1.165) is 5.69 Å². The number of anilines is 1. The van der Waals surface area contributed by atoms with E-state index >= 15 is 0 Å². The molecule has 0 aliphatic heterocycles. The van der Waals surface area contributed by atoms with Crippen LogP contribution in [0, 0.1) is 11.3 Å². The van der Waals surface area contributed by atoms with Gasteiger partial charge in [-0.3, -0.25) is 0 Å². The van der Waals surface area contributed by atoms with Crippen molar-refractivity contribution in [1.82, 2.24) is 4.98 Å². The zero-order valence-corrected chi connectivity index (χ0v) is 8.74. The second-order valence-electron chi connectivity index (χ2n) is 4.12. The van der Waals surface area contributed by atoms with Crippen molar-refractivity contribution in [3.8, 4) is 6.07 Å². The predicted octanol–water partition coefficient (Wildman–Crippen LogP) is 2.58. The zero-order valence-electron chi connectivity index (χ0n) is 8.74. The highest BCUT2D eigenvalue weighted by Gasteiger charge is 2.17. The van der Waals surface area contributed by atoms with E-state index in [0.29, 0.717) is 17.3 Å². The molecular formula is C12H15N3. The van der Waals surface area contributed by atoms with Crippen LogP contribution < -0.4 is 5.73 Å². The van der Waals surface area contributed by atoms with Crippen LogP contribution in [0.5, 0.6) is 0 Å². The molecule has 15 heavy (non-hydrogen) atoms. The minimum atomic E-state index is 0.376. The maximum atomic E-state index is 8.75. The molecule has 1 aromatic heterocycles. The van der Waals surface area contributed by atoms with E-state index in [1.165, 1.54) is 32.1 Å². The Morgan fingerprint density at radius 1 is 1.27 bits per heavy atom. The molecule has 78 valence electrons. The SMILES string of the molecule is N#Cc1ccc(C2CCCCC2)nc1N. The number of pyridine rings is 1. The summed E-state index contributed by atoms with van der Waals surface area (Å²) in [6.45, 7) is 0. The summed E-state index contributed by atoms with van der Waals surface area (Å²) in [5, 5.41) is 8.75. The molecule has 0 atom stereocenters. The lowest BCUT2D eigenvalue weighted by Gasteiger charge is -2.21. The van der Waals surface area contributed by atoms with Gasteiger partial charge in [-0.05, 0) is 25.0 Å². The Morgan fingerprint density at radius 3 is 2.60 bits per heavy atom. The lowest BCUT2D eigenvalue weighted by molar-refractivity contribution is 0.437. The van der Waals surface area contributed by atoms with Crippen LogP contribution in [0.2, 0.25) is 0 Å². The van der Waals surface area contributed by atoms with Crippen molar-refractivity contribution >= 4 is 5.82 Å². The van der Waals surface area contributed by atoms with Gasteiger partial charge < -0.3 is 5.73 Å². The Kier molecular flexibility index (Phi) is 2.86. The molecule has 0 spiro atoms. The number of hydrogen-bond donors (Lipinski definition) is 1. The molecule has 1 heterocycles. The van der Waals surface area contributed by atoms with E-state index in [1.807, 2.05) is 12.1 Å². The third kappa shape index (κ3) is 2.10. The van der Waals surface area contributed by atoms with Gasteiger partial charge in [-0.1, -0.05) is 19.3 Å². The van der Waals surface area contributed by atoms with Crippen molar-refractivity contribution in [2.75, 3.05) is 5.73 Å². The number of nitrogen functional groups attached to an aromatic ring is 1. The minimum Gasteiger partial charge on any atom is -0.383 e. The monoisotopic (exact) mass is 201 g/mol. The molecule has 1 aliphatic carbocycles. The van der Waals surface area contributed by atoms with Gasteiger partial charge in [0.15, 0.2) is 0 Å². The van der Waals surface area contributed by atoms with E-state index < -0.39 is 0 Å². The van der Waals surface area contributed by atoms with E-state index in [9.17, 15) is 0 Å².